The molecule has 7 heteroatoms. The minimum absolute atomic E-state index is 0.337. The van der Waals surface area contributed by atoms with Crippen molar-refractivity contribution in [2.45, 2.75) is 12.5 Å². The number of rotatable bonds is 6. The Bertz CT molecular complexity index is 484. The fourth-order valence-corrected chi connectivity index (χ4v) is 2.27. The third-order valence-electron chi connectivity index (χ3n) is 2.40. The van der Waals surface area contributed by atoms with Crippen LogP contribution in [0.25, 0.3) is 0 Å². The molecule has 1 unspecified atom stereocenters. The maximum atomic E-state index is 11.9. The number of hydrogen-bond donors (Lipinski definition) is 2. The summed E-state index contributed by atoms with van der Waals surface area (Å²) in [6.07, 6.45) is 2.27. The van der Waals surface area contributed by atoms with E-state index in [9.17, 15) is 9.59 Å². The van der Waals surface area contributed by atoms with Gasteiger partial charge >= 0.3 is 5.97 Å². The number of thioether (sulfide) groups is 1. The summed E-state index contributed by atoms with van der Waals surface area (Å²) in [5.74, 6) is -0.813. The van der Waals surface area contributed by atoms with Gasteiger partial charge in [0.25, 0.3) is 5.91 Å². The van der Waals surface area contributed by atoms with Crippen molar-refractivity contribution in [3.05, 3.63) is 33.3 Å². The van der Waals surface area contributed by atoms with E-state index in [4.69, 9.17) is 16.7 Å². The molecule has 19 heavy (non-hydrogen) atoms. The highest BCUT2D eigenvalue weighted by Crippen LogP contribution is 2.23. The van der Waals surface area contributed by atoms with Gasteiger partial charge in [-0.05, 0) is 52.6 Å². The van der Waals surface area contributed by atoms with Crippen molar-refractivity contribution in [2.75, 3.05) is 12.0 Å². The van der Waals surface area contributed by atoms with Crippen LogP contribution < -0.4 is 5.32 Å². The number of amides is 1. The van der Waals surface area contributed by atoms with E-state index in [1.165, 1.54) is 17.8 Å². The van der Waals surface area contributed by atoms with Gasteiger partial charge in [-0.3, -0.25) is 4.79 Å². The molecule has 0 saturated carbocycles. The Morgan fingerprint density at radius 1 is 1.53 bits per heavy atom. The van der Waals surface area contributed by atoms with Crippen LogP contribution in [-0.4, -0.2) is 35.0 Å². The van der Waals surface area contributed by atoms with Crippen molar-refractivity contribution in [3.63, 3.8) is 0 Å². The monoisotopic (exact) mass is 365 g/mol. The third kappa shape index (κ3) is 5.04. The first-order chi connectivity index (χ1) is 8.95. The zero-order chi connectivity index (χ0) is 14.4. The van der Waals surface area contributed by atoms with Gasteiger partial charge in [0.1, 0.15) is 6.04 Å². The van der Waals surface area contributed by atoms with Gasteiger partial charge in [0.2, 0.25) is 0 Å². The molecular formula is C12H13BrClNO3S. The number of hydrogen-bond acceptors (Lipinski definition) is 3. The lowest BCUT2D eigenvalue weighted by Crippen LogP contribution is -2.41. The van der Waals surface area contributed by atoms with Crippen LogP contribution in [0.2, 0.25) is 5.02 Å². The summed E-state index contributed by atoms with van der Waals surface area (Å²) in [4.78, 5) is 23.0. The van der Waals surface area contributed by atoms with Crippen LogP contribution in [0, 0.1) is 0 Å². The van der Waals surface area contributed by atoms with Crippen molar-refractivity contribution in [2.24, 2.45) is 0 Å². The molecule has 1 aromatic carbocycles. The van der Waals surface area contributed by atoms with Crippen LogP contribution in [0.3, 0.4) is 0 Å². The molecule has 0 aliphatic carbocycles. The first-order valence-electron chi connectivity index (χ1n) is 5.43. The van der Waals surface area contributed by atoms with Gasteiger partial charge < -0.3 is 10.4 Å². The molecule has 0 heterocycles. The topological polar surface area (TPSA) is 66.4 Å². The summed E-state index contributed by atoms with van der Waals surface area (Å²) in [6, 6.07) is 3.84. The van der Waals surface area contributed by atoms with E-state index in [-0.39, 0.29) is 0 Å². The Morgan fingerprint density at radius 2 is 2.21 bits per heavy atom. The van der Waals surface area contributed by atoms with Crippen molar-refractivity contribution < 1.29 is 14.7 Å². The number of nitrogens with one attached hydrogen (secondary N) is 1. The summed E-state index contributed by atoms with van der Waals surface area (Å²) >= 11 is 10.7. The second-order valence-electron chi connectivity index (χ2n) is 3.77. The summed E-state index contributed by atoms with van der Waals surface area (Å²) < 4.78 is 0.683. The normalized spacial score (nSPS) is 11.9. The molecule has 0 spiro atoms. The molecular weight excluding hydrogens is 354 g/mol. The Balaban J connectivity index is 2.75. The standard InChI is InChI=1S/C12H13BrClNO3S/c1-19-5-4-10(12(17)18)15-11(16)7-2-3-8(13)9(14)6-7/h2-3,6,10H,4-5H2,1H3,(H,15,16)(H,17,18). The van der Waals surface area contributed by atoms with Crippen LogP contribution in [-0.2, 0) is 4.79 Å². The molecule has 1 amide bonds. The number of aliphatic carboxylic acids is 1. The molecule has 2 N–H and O–H groups in total. The minimum atomic E-state index is -1.04. The lowest BCUT2D eigenvalue weighted by molar-refractivity contribution is -0.139. The van der Waals surface area contributed by atoms with Crippen LogP contribution in [0.5, 0.6) is 0 Å². The van der Waals surface area contributed by atoms with Crippen LogP contribution >= 0.6 is 39.3 Å². The highest BCUT2D eigenvalue weighted by molar-refractivity contribution is 9.10. The molecule has 0 aromatic heterocycles. The van der Waals surface area contributed by atoms with E-state index in [0.29, 0.717) is 27.2 Å². The average Bonchev–Trinajstić information content (AvgIpc) is 2.37. The molecule has 104 valence electrons. The molecule has 0 fully saturated rings. The highest BCUT2D eigenvalue weighted by Gasteiger charge is 2.20. The number of halogens is 2. The van der Waals surface area contributed by atoms with E-state index in [1.807, 2.05) is 6.26 Å². The predicted octanol–water partition coefficient (Wildman–Crippen LogP) is 3.04. The van der Waals surface area contributed by atoms with Crippen LogP contribution in [0.4, 0.5) is 0 Å². The van der Waals surface area contributed by atoms with E-state index in [2.05, 4.69) is 21.2 Å². The number of carboxylic acids is 1. The van der Waals surface area contributed by atoms with Gasteiger partial charge in [-0.25, -0.2) is 4.79 Å². The number of carbonyl (C=O) groups is 2. The minimum Gasteiger partial charge on any atom is -0.480 e. The van der Waals surface area contributed by atoms with Crippen molar-refractivity contribution in [1.29, 1.82) is 0 Å². The molecule has 1 rings (SSSR count). The summed E-state index contributed by atoms with van der Waals surface area (Å²) in [7, 11) is 0. The maximum Gasteiger partial charge on any atom is 0.326 e. The zero-order valence-corrected chi connectivity index (χ0v) is 13.3. The van der Waals surface area contributed by atoms with Gasteiger partial charge in [0.15, 0.2) is 0 Å². The largest absolute Gasteiger partial charge is 0.480 e. The van der Waals surface area contributed by atoms with E-state index < -0.39 is 17.9 Å². The molecule has 0 radical (unpaired) electrons. The Kier molecular flexibility index (Phi) is 6.68. The summed E-state index contributed by atoms with van der Waals surface area (Å²) in [5, 5.41) is 11.9. The van der Waals surface area contributed by atoms with Crippen molar-refractivity contribution >= 4 is 51.2 Å². The summed E-state index contributed by atoms with van der Waals surface area (Å²) in [5.41, 5.74) is 0.337. The fourth-order valence-electron chi connectivity index (χ4n) is 1.37. The van der Waals surface area contributed by atoms with Crippen molar-refractivity contribution in [1.82, 2.24) is 5.32 Å². The van der Waals surface area contributed by atoms with Crippen LogP contribution in [0.1, 0.15) is 16.8 Å². The first kappa shape index (κ1) is 16.3. The predicted molar refractivity (Wildman–Crippen MR) is 81.0 cm³/mol. The molecule has 0 aliphatic heterocycles. The third-order valence-corrected chi connectivity index (χ3v) is 4.27. The van der Waals surface area contributed by atoms with E-state index in [0.717, 1.165) is 0 Å². The number of benzene rings is 1. The molecule has 0 saturated heterocycles. The van der Waals surface area contributed by atoms with Gasteiger partial charge in [0.05, 0.1) is 5.02 Å². The molecule has 0 bridgehead atoms. The quantitative estimate of drug-likeness (QED) is 0.812. The fraction of sp³-hybridized carbons (Fsp3) is 0.333. The van der Waals surface area contributed by atoms with E-state index in [1.54, 1.807) is 12.1 Å². The average molecular weight is 367 g/mol. The summed E-state index contributed by atoms with van der Waals surface area (Å²) in [6.45, 7) is 0. The van der Waals surface area contributed by atoms with Gasteiger partial charge in [-0.2, -0.15) is 11.8 Å². The Labute approximate surface area is 129 Å². The molecule has 0 aliphatic rings. The Morgan fingerprint density at radius 3 is 2.74 bits per heavy atom. The smallest absolute Gasteiger partial charge is 0.326 e. The SMILES string of the molecule is CSCCC(NC(=O)c1ccc(Br)c(Cl)c1)C(=O)O. The first-order valence-corrected chi connectivity index (χ1v) is 8.00. The lowest BCUT2D eigenvalue weighted by Gasteiger charge is -2.14. The Hall–Kier alpha value is -0.720. The second-order valence-corrected chi connectivity index (χ2v) is 6.02. The molecule has 1 atom stereocenters. The molecule has 1 aromatic rings. The lowest BCUT2D eigenvalue weighted by atomic mass is 10.1. The maximum absolute atomic E-state index is 11.9. The zero-order valence-electron chi connectivity index (χ0n) is 10.2. The molecule has 4 nitrogen and oxygen atoms in total. The van der Waals surface area contributed by atoms with Gasteiger partial charge in [-0.1, -0.05) is 11.6 Å². The van der Waals surface area contributed by atoms with E-state index >= 15 is 0 Å². The number of carboxylic acid groups (broad SMARTS) is 1. The second kappa shape index (κ2) is 7.77. The van der Waals surface area contributed by atoms with Crippen LogP contribution in [0.15, 0.2) is 22.7 Å². The number of carbonyl (C=O) groups excluding carboxylic acids is 1. The highest BCUT2D eigenvalue weighted by atomic mass is 79.9. The van der Waals surface area contributed by atoms with Gasteiger partial charge in [0, 0.05) is 10.0 Å². The van der Waals surface area contributed by atoms with Gasteiger partial charge in [-0.15, -0.1) is 0 Å². The van der Waals surface area contributed by atoms with Crippen molar-refractivity contribution in [3.8, 4) is 0 Å².